The number of aliphatic imine (C=N–C) groups is 1. The Morgan fingerprint density at radius 2 is 1.93 bits per heavy atom. The van der Waals surface area contributed by atoms with Crippen molar-refractivity contribution in [3.63, 3.8) is 0 Å². The van der Waals surface area contributed by atoms with Crippen LogP contribution >= 0.6 is 0 Å². The number of hydrogen-bond donors (Lipinski definition) is 1. The number of pyridine rings is 1. The first kappa shape index (κ1) is 31.1. The summed E-state index contributed by atoms with van der Waals surface area (Å²) < 4.78 is 33.2. The van der Waals surface area contributed by atoms with Gasteiger partial charge in [0.25, 0.3) is 21.9 Å². The zero-order valence-electron chi connectivity index (χ0n) is 24.1. The summed E-state index contributed by atoms with van der Waals surface area (Å²) in [5, 5.41) is 2.18. The molecule has 0 bridgehead atoms. The maximum atomic E-state index is 12.0. The van der Waals surface area contributed by atoms with Gasteiger partial charge in [-0.15, -0.1) is 5.06 Å². The summed E-state index contributed by atoms with van der Waals surface area (Å²) in [6, 6.07) is 4.07. The van der Waals surface area contributed by atoms with Crippen molar-refractivity contribution in [3.8, 4) is 0 Å². The summed E-state index contributed by atoms with van der Waals surface area (Å²) in [7, 11) is -4.03. The minimum absolute atomic E-state index is 0.0752. The maximum absolute atomic E-state index is 12.0. The average molecular weight is 602 g/mol. The van der Waals surface area contributed by atoms with Crippen LogP contribution in [0.5, 0.6) is 0 Å². The Hall–Kier alpha value is -3.84. The minimum atomic E-state index is -4.03. The molecule has 0 aromatic carbocycles. The number of hydrogen-bond acceptors (Lipinski definition) is 9. The lowest BCUT2D eigenvalue weighted by Gasteiger charge is -2.18. The molecule has 1 N–H and O–H groups in total. The van der Waals surface area contributed by atoms with Crippen molar-refractivity contribution in [2.45, 2.75) is 77.7 Å². The smallest absolute Gasteiger partial charge is 0.333 e. The first-order valence-corrected chi connectivity index (χ1v) is 15.6. The Morgan fingerprint density at radius 1 is 1.19 bits per heavy atom. The topological polar surface area (TPSA) is 147 Å². The SMILES string of the molecule is CC1=CON(CCCS(=O)(=O)O)/C1=C/C=C/C1=Nc2c(ccc[n+]2CCCCCC(=O)ON2C(=O)CCC2=O)C1(C)C. The third-order valence-electron chi connectivity index (χ3n) is 7.36. The van der Waals surface area contributed by atoms with Crippen molar-refractivity contribution in [3.05, 3.63) is 59.7 Å². The van der Waals surface area contributed by atoms with Crippen molar-refractivity contribution < 1.29 is 41.6 Å². The lowest BCUT2D eigenvalue weighted by molar-refractivity contribution is -0.684. The molecule has 2 amide bonds. The number of hydroxylamine groups is 4. The molecule has 42 heavy (non-hydrogen) atoms. The van der Waals surface area contributed by atoms with Crippen LogP contribution in [0.3, 0.4) is 0 Å². The summed E-state index contributed by atoms with van der Waals surface area (Å²) in [5.74, 6) is -0.999. The molecule has 1 fully saturated rings. The number of aryl methyl sites for hydroxylation is 1. The standard InChI is InChI=1S/C29H36N4O8S/c1-21-20-40-32(18-9-19-42(37,38)39)23(21)11-7-12-24-29(2,3)22-10-8-17-31(28(22)30-24)16-6-4-5-13-27(36)41-33-25(34)14-15-26(33)35/h7-8,10-12,17,20H,4-6,9,13-16,18-19H2,1-3H3/p+1. The van der Waals surface area contributed by atoms with Gasteiger partial charge >= 0.3 is 11.8 Å². The van der Waals surface area contributed by atoms with E-state index < -0.39 is 27.9 Å². The van der Waals surface area contributed by atoms with E-state index in [9.17, 15) is 22.8 Å². The van der Waals surface area contributed by atoms with Gasteiger partial charge in [0.05, 0.1) is 41.7 Å². The molecule has 1 aromatic rings. The van der Waals surface area contributed by atoms with Crippen LogP contribution in [0.25, 0.3) is 0 Å². The quantitative estimate of drug-likeness (QED) is 0.156. The van der Waals surface area contributed by atoms with Crippen LogP contribution < -0.4 is 4.57 Å². The lowest BCUT2D eigenvalue weighted by atomic mass is 9.82. The Bertz CT molecular complexity index is 1460. The number of nitrogens with zero attached hydrogens (tertiary/aromatic N) is 4. The van der Waals surface area contributed by atoms with E-state index in [1.807, 2.05) is 37.4 Å². The van der Waals surface area contributed by atoms with Crippen LogP contribution in [0.4, 0.5) is 5.82 Å². The van der Waals surface area contributed by atoms with Gasteiger partial charge in [-0.25, -0.2) is 14.4 Å². The second-order valence-corrected chi connectivity index (χ2v) is 12.5. The van der Waals surface area contributed by atoms with Gasteiger partial charge in [-0.05, 0) is 75.7 Å². The fourth-order valence-corrected chi connectivity index (χ4v) is 5.47. The van der Waals surface area contributed by atoms with E-state index in [0.717, 1.165) is 41.2 Å². The summed E-state index contributed by atoms with van der Waals surface area (Å²) in [6.07, 6.45) is 12.0. The lowest BCUT2D eigenvalue weighted by Crippen LogP contribution is -2.35. The van der Waals surface area contributed by atoms with Crippen molar-refractivity contribution in [1.29, 1.82) is 0 Å². The molecule has 0 atom stereocenters. The van der Waals surface area contributed by atoms with Gasteiger partial charge in [0, 0.05) is 24.8 Å². The zero-order valence-corrected chi connectivity index (χ0v) is 24.9. The van der Waals surface area contributed by atoms with Gasteiger partial charge < -0.3 is 9.68 Å². The highest BCUT2D eigenvalue weighted by molar-refractivity contribution is 7.85. The second kappa shape index (κ2) is 13.0. The summed E-state index contributed by atoms with van der Waals surface area (Å²) in [4.78, 5) is 50.6. The van der Waals surface area contributed by atoms with Crippen molar-refractivity contribution in [2.24, 2.45) is 4.99 Å². The Labute approximate surface area is 245 Å². The molecule has 0 aliphatic carbocycles. The molecule has 226 valence electrons. The fraction of sp³-hybridized carbons (Fsp3) is 0.483. The number of allylic oxidation sites excluding steroid dienone is 4. The fourth-order valence-electron chi connectivity index (χ4n) is 4.97. The van der Waals surface area contributed by atoms with Gasteiger partial charge in [0.15, 0.2) is 5.71 Å². The van der Waals surface area contributed by atoms with Crippen LogP contribution in [0.15, 0.2) is 59.1 Å². The van der Waals surface area contributed by atoms with Crippen molar-refractivity contribution in [2.75, 3.05) is 12.3 Å². The van der Waals surface area contributed by atoms with E-state index in [1.54, 1.807) is 11.3 Å². The number of carbonyl (C=O) groups is 3. The summed E-state index contributed by atoms with van der Waals surface area (Å²) in [6.45, 7) is 7.15. The molecule has 4 heterocycles. The highest BCUT2D eigenvalue weighted by Crippen LogP contribution is 2.38. The van der Waals surface area contributed by atoms with Crippen molar-refractivity contribution in [1.82, 2.24) is 10.1 Å². The molecule has 1 saturated heterocycles. The van der Waals surface area contributed by atoms with Gasteiger partial charge in [-0.1, -0.05) is 6.08 Å². The van der Waals surface area contributed by atoms with E-state index in [4.69, 9.17) is 19.2 Å². The normalized spacial score (nSPS) is 19.0. The van der Waals surface area contributed by atoms with E-state index >= 15 is 0 Å². The molecule has 0 unspecified atom stereocenters. The van der Waals surface area contributed by atoms with E-state index in [-0.39, 0.29) is 36.9 Å². The number of fused-ring (bicyclic) bond motifs is 1. The number of rotatable bonds is 13. The predicted octanol–water partition coefficient (Wildman–Crippen LogP) is 3.37. The first-order chi connectivity index (χ1) is 19.9. The van der Waals surface area contributed by atoms with E-state index in [2.05, 4.69) is 24.5 Å². The highest BCUT2D eigenvalue weighted by atomic mass is 32.2. The average Bonchev–Trinajstić information content (AvgIpc) is 3.52. The molecule has 3 aliphatic rings. The minimum Gasteiger partial charge on any atom is -0.387 e. The third kappa shape index (κ3) is 7.51. The monoisotopic (exact) mass is 601 g/mol. The van der Waals surface area contributed by atoms with Crippen LogP contribution in [0.1, 0.15) is 71.3 Å². The zero-order chi connectivity index (χ0) is 30.5. The molecule has 13 heteroatoms. The Balaban J connectivity index is 1.33. The van der Waals surface area contributed by atoms with E-state index in [1.165, 1.54) is 0 Å². The van der Waals surface area contributed by atoms with Crippen LogP contribution in [0.2, 0.25) is 0 Å². The van der Waals surface area contributed by atoms with Crippen LogP contribution in [-0.4, -0.2) is 58.9 Å². The number of carbonyl (C=O) groups excluding carboxylic acids is 3. The molecule has 0 spiro atoms. The molecule has 1 aromatic heterocycles. The van der Waals surface area contributed by atoms with Crippen LogP contribution in [0, 0.1) is 0 Å². The highest BCUT2D eigenvalue weighted by Gasteiger charge is 2.42. The number of amides is 2. The summed E-state index contributed by atoms with van der Waals surface area (Å²) in [5.41, 5.74) is 3.36. The third-order valence-corrected chi connectivity index (χ3v) is 8.17. The number of unbranched alkanes of at least 4 members (excludes halogenated alkanes) is 2. The van der Waals surface area contributed by atoms with E-state index in [0.29, 0.717) is 24.6 Å². The molecule has 4 rings (SSSR count). The van der Waals surface area contributed by atoms with Crippen LogP contribution in [-0.2, 0) is 46.1 Å². The molecular formula is C29H37N4O8S+. The molecule has 12 nitrogen and oxygen atoms in total. The predicted molar refractivity (Wildman–Crippen MR) is 152 cm³/mol. The number of imide groups is 1. The van der Waals surface area contributed by atoms with Crippen molar-refractivity contribution >= 4 is 39.4 Å². The summed E-state index contributed by atoms with van der Waals surface area (Å²) >= 11 is 0. The molecule has 0 saturated carbocycles. The van der Waals surface area contributed by atoms with Gasteiger partial charge in [0.1, 0.15) is 6.26 Å². The van der Waals surface area contributed by atoms with Gasteiger partial charge in [-0.2, -0.15) is 8.42 Å². The van der Waals surface area contributed by atoms with Gasteiger partial charge in [-0.3, -0.25) is 14.1 Å². The Kier molecular flexibility index (Phi) is 9.62. The molecular weight excluding hydrogens is 564 g/mol. The largest absolute Gasteiger partial charge is 0.387 e. The molecule has 0 radical (unpaired) electrons. The number of aromatic nitrogens is 1. The maximum Gasteiger partial charge on any atom is 0.333 e. The Morgan fingerprint density at radius 3 is 2.64 bits per heavy atom. The van der Waals surface area contributed by atoms with Gasteiger partial charge in [0.2, 0.25) is 0 Å². The molecule has 3 aliphatic heterocycles. The first-order valence-electron chi connectivity index (χ1n) is 14.0. The second-order valence-electron chi connectivity index (χ2n) is 11.0.